The van der Waals surface area contributed by atoms with Gasteiger partial charge in [-0.05, 0) is 43.7 Å². The summed E-state index contributed by atoms with van der Waals surface area (Å²) in [6.07, 6.45) is 1.55. The van der Waals surface area contributed by atoms with Gasteiger partial charge in [0.15, 0.2) is 4.80 Å². The number of aromatic nitrogens is 1. The van der Waals surface area contributed by atoms with Gasteiger partial charge in [0.1, 0.15) is 5.75 Å². The number of benzene rings is 2. The lowest BCUT2D eigenvalue weighted by Gasteiger charge is -2.25. The molecule has 2 heterocycles. The molecule has 0 radical (unpaired) electrons. The summed E-state index contributed by atoms with van der Waals surface area (Å²) < 4.78 is 12.4. The van der Waals surface area contributed by atoms with Crippen LogP contribution in [0.25, 0.3) is 6.08 Å². The molecule has 2 aromatic carbocycles. The zero-order valence-corrected chi connectivity index (χ0v) is 21.9. The second kappa shape index (κ2) is 10.4. The molecule has 0 fully saturated rings. The molecule has 1 aromatic heterocycles. The lowest BCUT2D eigenvalue weighted by molar-refractivity contribution is -0.384. The molecule has 11 heteroatoms. The molecule has 4 rings (SSSR count). The number of nitrogens with zero attached hydrogens (tertiary/aromatic N) is 4. The first kappa shape index (κ1) is 25.8. The van der Waals surface area contributed by atoms with Crippen molar-refractivity contribution in [2.24, 2.45) is 4.99 Å². The van der Waals surface area contributed by atoms with E-state index in [1.807, 2.05) is 43.3 Å². The summed E-state index contributed by atoms with van der Waals surface area (Å²) in [6.45, 7) is 3.61. The van der Waals surface area contributed by atoms with Gasteiger partial charge in [-0.1, -0.05) is 23.5 Å². The molecule has 1 aliphatic heterocycles. The maximum atomic E-state index is 13.8. The molecule has 0 amide bonds. The average Bonchev–Trinajstić information content (AvgIpc) is 3.17. The third-order valence-electron chi connectivity index (χ3n) is 5.95. The van der Waals surface area contributed by atoms with Crippen molar-refractivity contribution in [3.05, 3.63) is 94.7 Å². The Labute approximate surface area is 216 Å². The molecule has 0 spiro atoms. The average molecular weight is 523 g/mol. The zero-order chi connectivity index (χ0) is 26.9. The molecule has 0 saturated heterocycles. The number of nitro groups is 1. The van der Waals surface area contributed by atoms with Gasteiger partial charge in [0, 0.05) is 37.5 Å². The standard InChI is InChI=1S/C26H26N4O6S/c1-6-36-25(32)22-15(2)27-26-29(23(22)16-7-9-18(10-8-16)28(3)4)24(31)21(37-26)14-17-13-19(30(33)34)11-12-20(17)35-5/h7-14,23H,6H2,1-5H3/b21-14+/t23-/m1/s1. The fraction of sp³-hybridized carbons (Fsp3) is 0.269. The van der Waals surface area contributed by atoms with E-state index in [1.54, 1.807) is 19.9 Å². The fourth-order valence-corrected chi connectivity index (χ4v) is 5.19. The van der Waals surface area contributed by atoms with Crippen LogP contribution in [0.15, 0.2) is 63.5 Å². The highest BCUT2D eigenvalue weighted by Gasteiger charge is 2.33. The molecule has 37 heavy (non-hydrogen) atoms. The second-order valence-electron chi connectivity index (χ2n) is 8.47. The lowest BCUT2D eigenvalue weighted by Crippen LogP contribution is -2.40. The van der Waals surface area contributed by atoms with Gasteiger partial charge in [-0.3, -0.25) is 19.5 Å². The minimum atomic E-state index is -0.749. The highest BCUT2D eigenvalue weighted by Crippen LogP contribution is 2.32. The number of fused-ring (bicyclic) bond motifs is 1. The first-order valence-corrected chi connectivity index (χ1v) is 12.3. The Hall–Kier alpha value is -4.25. The monoisotopic (exact) mass is 522 g/mol. The van der Waals surface area contributed by atoms with Gasteiger partial charge in [-0.2, -0.15) is 0 Å². The number of carbonyl (C=O) groups excluding carboxylic acids is 1. The van der Waals surface area contributed by atoms with Gasteiger partial charge < -0.3 is 14.4 Å². The summed E-state index contributed by atoms with van der Waals surface area (Å²) >= 11 is 1.14. The third kappa shape index (κ3) is 4.90. The first-order chi connectivity index (χ1) is 17.7. The van der Waals surface area contributed by atoms with Crippen molar-refractivity contribution in [3.63, 3.8) is 0 Å². The molecular weight excluding hydrogens is 496 g/mol. The number of allylic oxidation sites excluding steroid dienone is 1. The fourth-order valence-electron chi connectivity index (χ4n) is 4.15. The summed E-state index contributed by atoms with van der Waals surface area (Å²) in [5.74, 6) is -0.157. The van der Waals surface area contributed by atoms with E-state index in [0.29, 0.717) is 26.3 Å². The number of thiazole rings is 1. The van der Waals surface area contributed by atoms with E-state index in [2.05, 4.69) is 4.99 Å². The van der Waals surface area contributed by atoms with Gasteiger partial charge in [0.25, 0.3) is 11.2 Å². The smallest absolute Gasteiger partial charge is 0.338 e. The van der Waals surface area contributed by atoms with E-state index in [4.69, 9.17) is 9.47 Å². The van der Waals surface area contributed by atoms with Gasteiger partial charge in [-0.25, -0.2) is 9.79 Å². The number of ether oxygens (including phenoxy) is 2. The summed E-state index contributed by atoms with van der Waals surface area (Å²) in [6, 6.07) is 11.0. The van der Waals surface area contributed by atoms with Crippen molar-refractivity contribution in [1.29, 1.82) is 0 Å². The molecule has 0 N–H and O–H groups in total. The van der Waals surface area contributed by atoms with E-state index in [0.717, 1.165) is 22.6 Å². The first-order valence-electron chi connectivity index (χ1n) is 11.5. The third-order valence-corrected chi connectivity index (χ3v) is 6.94. The predicted octanol–water partition coefficient (Wildman–Crippen LogP) is 2.78. The minimum absolute atomic E-state index is 0.126. The molecule has 0 saturated carbocycles. The Kier molecular flexibility index (Phi) is 7.25. The van der Waals surface area contributed by atoms with Crippen LogP contribution >= 0.6 is 11.3 Å². The molecule has 1 aliphatic rings. The number of anilines is 1. The number of hydrogen-bond acceptors (Lipinski definition) is 9. The normalized spacial score (nSPS) is 15.2. The van der Waals surface area contributed by atoms with E-state index >= 15 is 0 Å². The van der Waals surface area contributed by atoms with Gasteiger partial charge >= 0.3 is 5.97 Å². The maximum Gasteiger partial charge on any atom is 0.338 e. The number of non-ortho nitro benzene ring substituents is 1. The zero-order valence-electron chi connectivity index (χ0n) is 21.0. The van der Waals surface area contributed by atoms with Crippen LogP contribution in [0.4, 0.5) is 11.4 Å². The van der Waals surface area contributed by atoms with E-state index in [9.17, 15) is 19.7 Å². The number of nitro benzene ring substituents is 1. The predicted molar refractivity (Wildman–Crippen MR) is 141 cm³/mol. The highest BCUT2D eigenvalue weighted by molar-refractivity contribution is 7.07. The topological polar surface area (TPSA) is 116 Å². The van der Waals surface area contributed by atoms with E-state index in [1.165, 1.54) is 29.9 Å². The van der Waals surface area contributed by atoms with E-state index in [-0.39, 0.29) is 23.4 Å². The lowest BCUT2D eigenvalue weighted by atomic mass is 9.95. The van der Waals surface area contributed by atoms with Gasteiger partial charge in [0.2, 0.25) is 0 Å². The molecule has 0 aliphatic carbocycles. The Morgan fingerprint density at radius 2 is 1.95 bits per heavy atom. The SMILES string of the molecule is CCOC(=O)C1=C(C)N=c2s/c(=C/c3cc([N+](=O)[O-])ccc3OC)c(=O)n2[C@@H]1c1ccc(N(C)C)cc1. The van der Waals surface area contributed by atoms with E-state index < -0.39 is 16.9 Å². The number of hydrogen-bond donors (Lipinski definition) is 0. The van der Waals surface area contributed by atoms with Crippen LogP contribution in [0.1, 0.15) is 31.0 Å². The van der Waals surface area contributed by atoms with Crippen molar-refractivity contribution in [3.8, 4) is 5.75 Å². The van der Waals surface area contributed by atoms with Crippen molar-refractivity contribution in [2.45, 2.75) is 19.9 Å². The Morgan fingerprint density at radius 1 is 1.24 bits per heavy atom. The summed E-state index contributed by atoms with van der Waals surface area (Å²) in [4.78, 5) is 44.5. The summed E-state index contributed by atoms with van der Waals surface area (Å²) in [5.41, 5.74) is 2.31. The molecule has 0 bridgehead atoms. The molecule has 10 nitrogen and oxygen atoms in total. The minimum Gasteiger partial charge on any atom is -0.496 e. The molecule has 192 valence electrons. The maximum absolute atomic E-state index is 13.8. The highest BCUT2D eigenvalue weighted by atomic mass is 32.1. The molecule has 0 unspecified atom stereocenters. The number of methoxy groups -OCH3 is 1. The number of esters is 1. The molecular formula is C26H26N4O6S. The van der Waals surface area contributed by atoms with Crippen LogP contribution < -0.4 is 24.5 Å². The van der Waals surface area contributed by atoms with Crippen molar-refractivity contribution in [1.82, 2.24) is 4.57 Å². The van der Waals surface area contributed by atoms with Crippen LogP contribution in [0.5, 0.6) is 5.75 Å². The summed E-state index contributed by atoms with van der Waals surface area (Å²) in [5, 5.41) is 11.3. The second-order valence-corrected chi connectivity index (χ2v) is 9.48. The van der Waals surface area contributed by atoms with Crippen LogP contribution in [0.2, 0.25) is 0 Å². The number of rotatable bonds is 7. The summed E-state index contributed by atoms with van der Waals surface area (Å²) in [7, 11) is 5.30. The Morgan fingerprint density at radius 3 is 2.54 bits per heavy atom. The largest absolute Gasteiger partial charge is 0.496 e. The molecule has 3 aromatic rings. The van der Waals surface area contributed by atoms with Crippen LogP contribution in [0, 0.1) is 10.1 Å². The van der Waals surface area contributed by atoms with Crippen molar-refractivity contribution >= 4 is 34.8 Å². The van der Waals surface area contributed by atoms with Gasteiger partial charge in [0.05, 0.1) is 40.5 Å². The van der Waals surface area contributed by atoms with Crippen molar-refractivity contribution < 1.29 is 19.2 Å². The van der Waals surface area contributed by atoms with Crippen LogP contribution in [-0.4, -0.2) is 43.3 Å². The number of carbonyl (C=O) groups is 1. The Bertz CT molecular complexity index is 1580. The van der Waals surface area contributed by atoms with Crippen LogP contribution in [-0.2, 0) is 9.53 Å². The van der Waals surface area contributed by atoms with Gasteiger partial charge in [-0.15, -0.1) is 0 Å². The van der Waals surface area contributed by atoms with Crippen LogP contribution in [0.3, 0.4) is 0 Å². The molecule has 1 atom stereocenters. The quantitative estimate of drug-likeness (QED) is 0.266. The van der Waals surface area contributed by atoms with Crippen molar-refractivity contribution in [2.75, 3.05) is 32.7 Å². The Balaban J connectivity index is 1.96.